The van der Waals surface area contributed by atoms with Gasteiger partial charge in [0.2, 0.25) is 0 Å². The zero-order valence-electron chi connectivity index (χ0n) is 15.3. The van der Waals surface area contributed by atoms with Crippen LogP contribution in [-0.4, -0.2) is 32.7 Å². The van der Waals surface area contributed by atoms with E-state index in [0.29, 0.717) is 5.92 Å². The van der Waals surface area contributed by atoms with Gasteiger partial charge in [0.25, 0.3) is 0 Å². The molecule has 5 heteroatoms. The molecule has 0 aliphatic carbocycles. The lowest BCUT2D eigenvalue weighted by Gasteiger charge is -2.31. The smallest absolute Gasteiger partial charge is 0.150 e. The molecule has 1 fully saturated rings. The number of nitrogens with zero attached hydrogens (tertiary/aromatic N) is 4. The van der Waals surface area contributed by atoms with Gasteiger partial charge >= 0.3 is 0 Å². The SMILES string of the molecule is CCc1cc(CN2CCCC(c3nccn3Cc3ccccc3)C2)on1. The largest absolute Gasteiger partial charge is 0.360 e. The van der Waals surface area contributed by atoms with E-state index in [-0.39, 0.29) is 0 Å². The predicted molar refractivity (Wildman–Crippen MR) is 101 cm³/mol. The van der Waals surface area contributed by atoms with Crippen molar-refractivity contribution in [3.05, 3.63) is 71.6 Å². The highest BCUT2D eigenvalue weighted by Crippen LogP contribution is 2.27. The van der Waals surface area contributed by atoms with Gasteiger partial charge in [0.1, 0.15) is 5.82 Å². The van der Waals surface area contributed by atoms with Gasteiger partial charge < -0.3 is 9.09 Å². The summed E-state index contributed by atoms with van der Waals surface area (Å²) < 4.78 is 7.77. The van der Waals surface area contributed by atoms with Gasteiger partial charge in [-0.2, -0.15) is 0 Å². The Kier molecular flexibility index (Phi) is 5.16. The molecule has 1 aliphatic heterocycles. The first-order valence-corrected chi connectivity index (χ1v) is 9.53. The van der Waals surface area contributed by atoms with Gasteiger partial charge in [-0.25, -0.2) is 4.98 Å². The Morgan fingerprint density at radius 1 is 1.19 bits per heavy atom. The van der Waals surface area contributed by atoms with Gasteiger partial charge in [-0.05, 0) is 31.4 Å². The van der Waals surface area contributed by atoms with Crippen LogP contribution < -0.4 is 0 Å². The minimum atomic E-state index is 0.469. The zero-order chi connectivity index (χ0) is 17.8. The van der Waals surface area contributed by atoms with Crippen LogP contribution in [0.3, 0.4) is 0 Å². The van der Waals surface area contributed by atoms with E-state index in [1.807, 2.05) is 6.20 Å². The van der Waals surface area contributed by atoms with Crippen LogP contribution in [0.15, 0.2) is 53.3 Å². The lowest BCUT2D eigenvalue weighted by Crippen LogP contribution is -2.34. The minimum absolute atomic E-state index is 0.469. The van der Waals surface area contributed by atoms with Gasteiger partial charge in [-0.15, -0.1) is 0 Å². The molecule has 0 saturated carbocycles. The van der Waals surface area contributed by atoms with Crippen molar-refractivity contribution < 1.29 is 4.52 Å². The number of hydrogen-bond donors (Lipinski definition) is 0. The molecular weight excluding hydrogens is 324 g/mol. The highest BCUT2D eigenvalue weighted by Gasteiger charge is 2.25. The molecule has 1 saturated heterocycles. The molecular formula is C21H26N4O. The maximum absolute atomic E-state index is 5.47. The Morgan fingerprint density at radius 2 is 2.08 bits per heavy atom. The summed E-state index contributed by atoms with van der Waals surface area (Å²) in [5, 5.41) is 4.11. The van der Waals surface area contributed by atoms with Crippen LogP contribution in [0.1, 0.15) is 48.5 Å². The Balaban J connectivity index is 1.44. The molecule has 0 N–H and O–H groups in total. The number of likely N-dealkylation sites (tertiary alicyclic amines) is 1. The van der Waals surface area contributed by atoms with E-state index >= 15 is 0 Å². The van der Waals surface area contributed by atoms with Crippen LogP contribution in [0.2, 0.25) is 0 Å². The average molecular weight is 350 g/mol. The number of benzene rings is 1. The summed E-state index contributed by atoms with van der Waals surface area (Å²) in [7, 11) is 0. The maximum Gasteiger partial charge on any atom is 0.150 e. The molecule has 0 radical (unpaired) electrons. The number of aryl methyl sites for hydroxylation is 1. The maximum atomic E-state index is 5.47. The fourth-order valence-corrected chi connectivity index (χ4v) is 3.82. The zero-order valence-corrected chi connectivity index (χ0v) is 15.3. The first-order chi connectivity index (χ1) is 12.8. The predicted octanol–water partition coefficient (Wildman–Crippen LogP) is 3.86. The Morgan fingerprint density at radius 3 is 2.88 bits per heavy atom. The average Bonchev–Trinajstić information content (AvgIpc) is 3.32. The van der Waals surface area contributed by atoms with Gasteiger partial charge in [0.15, 0.2) is 5.76 Å². The number of hydrogen-bond acceptors (Lipinski definition) is 4. The van der Waals surface area contributed by atoms with Gasteiger partial charge in [0.05, 0.1) is 12.2 Å². The van der Waals surface area contributed by atoms with Crippen LogP contribution in [0, 0.1) is 0 Å². The third-order valence-corrected chi connectivity index (χ3v) is 5.16. The van der Waals surface area contributed by atoms with Crippen LogP contribution in [0.25, 0.3) is 0 Å². The molecule has 0 spiro atoms. The van der Waals surface area contributed by atoms with Crippen LogP contribution in [0.4, 0.5) is 0 Å². The summed E-state index contributed by atoms with van der Waals surface area (Å²) in [6.45, 7) is 5.95. The van der Waals surface area contributed by atoms with E-state index < -0.39 is 0 Å². The van der Waals surface area contributed by atoms with Crippen molar-refractivity contribution in [3.8, 4) is 0 Å². The number of rotatable bonds is 6. The summed E-state index contributed by atoms with van der Waals surface area (Å²) in [5.41, 5.74) is 2.35. The topological polar surface area (TPSA) is 47.1 Å². The lowest BCUT2D eigenvalue weighted by atomic mass is 9.97. The molecule has 4 rings (SSSR count). The second-order valence-electron chi connectivity index (χ2n) is 7.11. The summed E-state index contributed by atoms with van der Waals surface area (Å²) in [4.78, 5) is 7.16. The highest BCUT2D eigenvalue weighted by atomic mass is 16.5. The normalized spacial score (nSPS) is 18.3. The van der Waals surface area contributed by atoms with Gasteiger partial charge in [0, 0.05) is 37.5 Å². The summed E-state index contributed by atoms with van der Waals surface area (Å²) in [6.07, 6.45) is 7.34. The van der Waals surface area contributed by atoms with E-state index in [2.05, 4.69) is 64.1 Å². The third-order valence-electron chi connectivity index (χ3n) is 5.16. The van der Waals surface area contributed by atoms with Crippen molar-refractivity contribution in [2.75, 3.05) is 13.1 Å². The van der Waals surface area contributed by atoms with Gasteiger partial charge in [-0.3, -0.25) is 4.90 Å². The number of piperidine rings is 1. The summed E-state index contributed by atoms with van der Waals surface area (Å²) >= 11 is 0. The standard InChI is InChI=1S/C21H26N4O/c1-2-19-13-20(26-23-19)16-24-11-6-9-18(15-24)21-22-10-12-25(21)14-17-7-4-3-5-8-17/h3-5,7-8,10,12-13,18H,2,6,9,11,14-16H2,1H3. The molecule has 136 valence electrons. The number of imidazole rings is 1. The molecule has 1 aromatic carbocycles. The summed E-state index contributed by atoms with van der Waals surface area (Å²) in [5.74, 6) is 2.64. The minimum Gasteiger partial charge on any atom is -0.360 e. The van der Waals surface area contributed by atoms with Gasteiger partial charge in [-0.1, -0.05) is 42.4 Å². The quantitative estimate of drug-likeness (QED) is 0.677. The first kappa shape index (κ1) is 17.0. The fourth-order valence-electron chi connectivity index (χ4n) is 3.82. The molecule has 2 aromatic heterocycles. The Labute approximate surface area is 154 Å². The van der Waals surface area contributed by atoms with E-state index in [1.54, 1.807) is 0 Å². The third kappa shape index (κ3) is 3.88. The number of aromatic nitrogens is 3. The molecule has 3 heterocycles. The molecule has 3 aromatic rings. The monoisotopic (exact) mass is 350 g/mol. The van der Waals surface area contributed by atoms with Crippen LogP contribution >= 0.6 is 0 Å². The van der Waals surface area contributed by atoms with E-state index in [1.165, 1.54) is 24.2 Å². The van der Waals surface area contributed by atoms with Crippen LogP contribution in [-0.2, 0) is 19.5 Å². The Hall–Kier alpha value is -2.40. The van der Waals surface area contributed by atoms with E-state index in [9.17, 15) is 0 Å². The second kappa shape index (κ2) is 7.87. The van der Waals surface area contributed by atoms with Crippen molar-refractivity contribution in [2.24, 2.45) is 0 Å². The second-order valence-corrected chi connectivity index (χ2v) is 7.11. The first-order valence-electron chi connectivity index (χ1n) is 9.53. The summed E-state index contributed by atoms with van der Waals surface area (Å²) in [6, 6.07) is 12.7. The fraction of sp³-hybridized carbons (Fsp3) is 0.429. The molecule has 1 atom stereocenters. The molecule has 5 nitrogen and oxygen atoms in total. The van der Waals surface area contributed by atoms with Crippen molar-refractivity contribution in [2.45, 2.75) is 45.2 Å². The highest BCUT2D eigenvalue weighted by molar-refractivity contribution is 5.17. The van der Waals surface area contributed by atoms with Crippen molar-refractivity contribution >= 4 is 0 Å². The Bertz CT molecular complexity index is 823. The van der Waals surface area contributed by atoms with E-state index in [0.717, 1.165) is 44.1 Å². The molecule has 26 heavy (non-hydrogen) atoms. The molecule has 1 aliphatic rings. The van der Waals surface area contributed by atoms with Crippen molar-refractivity contribution in [1.82, 2.24) is 19.6 Å². The van der Waals surface area contributed by atoms with E-state index in [4.69, 9.17) is 9.51 Å². The van der Waals surface area contributed by atoms with Crippen molar-refractivity contribution in [1.29, 1.82) is 0 Å². The molecule has 0 bridgehead atoms. The molecule has 1 unspecified atom stereocenters. The van der Waals surface area contributed by atoms with Crippen LogP contribution in [0.5, 0.6) is 0 Å². The lowest BCUT2D eigenvalue weighted by molar-refractivity contribution is 0.176. The molecule has 0 amide bonds. The van der Waals surface area contributed by atoms with Crippen molar-refractivity contribution in [3.63, 3.8) is 0 Å².